The van der Waals surface area contributed by atoms with Gasteiger partial charge in [-0.2, -0.15) is 0 Å². The molecule has 3 heterocycles. The van der Waals surface area contributed by atoms with Gasteiger partial charge in [0.25, 0.3) is 5.91 Å². The first-order chi connectivity index (χ1) is 19.4. The predicted molar refractivity (Wildman–Crippen MR) is 155 cm³/mol. The van der Waals surface area contributed by atoms with E-state index in [1.807, 2.05) is 47.4 Å². The fourth-order valence-corrected chi connectivity index (χ4v) is 5.85. The summed E-state index contributed by atoms with van der Waals surface area (Å²) in [5.74, 6) is 1.05. The number of para-hydroxylation sites is 1. The SMILES string of the molecule is C=C(/C=C(\N=C/N)N1CCC(N2CCc3cc(OC)ccc3NC2=O)CC1)C(=O)N1c2ccccc2CC1CO. The number of carbonyl (C=O) groups excluding carboxylic acids is 2. The van der Waals surface area contributed by atoms with Crippen LogP contribution in [-0.2, 0) is 17.6 Å². The number of aliphatic imine (C=N–C) groups is 1. The molecule has 3 aliphatic rings. The predicted octanol–water partition coefficient (Wildman–Crippen LogP) is 2.88. The number of anilines is 2. The van der Waals surface area contributed by atoms with Crippen LogP contribution in [0.25, 0.3) is 0 Å². The lowest BCUT2D eigenvalue weighted by Gasteiger charge is -2.38. The number of nitrogens with one attached hydrogen (secondary N) is 1. The molecule has 210 valence electrons. The number of urea groups is 1. The Hall–Kier alpha value is -4.31. The monoisotopic (exact) mass is 544 g/mol. The van der Waals surface area contributed by atoms with Crippen LogP contribution in [0.1, 0.15) is 24.0 Å². The molecule has 4 N–H and O–H groups in total. The molecular formula is C30H36N6O4. The maximum Gasteiger partial charge on any atom is 0.322 e. The molecule has 3 aliphatic heterocycles. The smallest absolute Gasteiger partial charge is 0.322 e. The van der Waals surface area contributed by atoms with Crippen molar-refractivity contribution < 1.29 is 19.4 Å². The summed E-state index contributed by atoms with van der Waals surface area (Å²) in [7, 11) is 1.64. The van der Waals surface area contributed by atoms with Crippen LogP contribution < -0.4 is 20.7 Å². The number of rotatable bonds is 7. The van der Waals surface area contributed by atoms with Crippen LogP contribution in [0.4, 0.5) is 16.2 Å². The Bertz CT molecular complexity index is 1350. The van der Waals surface area contributed by atoms with Gasteiger partial charge in [0.2, 0.25) is 0 Å². The van der Waals surface area contributed by atoms with Crippen molar-refractivity contribution in [1.82, 2.24) is 9.80 Å². The summed E-state index contributed by atoms with van der Waals surface area (Å²) in [6.45, 7) is 5.81. The minimum absolute atomic E-state index is 0.0758. The number of hydrogen-bond donors (Lipinski definition) is 3. The highest BCUT2D eigenvalue weighted by molar-refractivity contribution is 6.08. The molecular weight excluding hydrogens is 508 g/mol. The van der Waals surface area contributed by atoms with Gasteiger partial charge in [0.1, 0.15) is 11.6 Å². The molecule has 0 spiro atoms. The molecule has 0 aliphatic carbocycles. The standard InChI is InChI=1S/C30H36N6O4/c1-20(29(38)36-24(18-37)16-22-5-3-4-6-27(22)36)15-28(32-19-31)34-12-10-23(11-13-34)35-14-9-21-17-25(40-2)7-8-26(21)33-30(35)39/h3-8,15,17,19,23-24,37H,1,9-14,16,18H2,2H3,(H2,31,32)(H,33,39)/b28-15+. The summed E-state index contributed by atoms with van der Waals surface area (Å²) in [6, 6.07) is 13.0. The molecule has 0 bridgehead atoms. The highest BCUT2D eigenvalue weighted by atomic mass is 16.5. The largest absolute Gasteiger partial charge is 0.497 e. The van der Waals surface area contributed by atoms with Crippen molar-refractivity contribution in [1.29, 1.82) is 0 Å². The third kappa shape index (κ3) is 5.40. The second-order valence-corrected chi connectivity index (χ2v) is 10.3. The van der Waals surface area contributed by atoms with E-state index in [0.717, 1.165) is 47.5 Å². The quantitative estimate of drug-likeness (QED) is 0.213. The highest BCUT2D eigenvalue weighted by Gasteiger charge is 2.34. The number of methoxy groups -OCH3 is 1. The molecule has 0 saturated carbocycles. The van der Waals surface area contributed by atoms with E-state index >= 15 is 0 Å². The number of fused-ring (bicyclic) bond motifs is 2. The number of nitrogens with two attached hydrogens (primary N) is 1. The zero-order chi connectivity index (χ0) is 28.2. The van der Waals surface area contributed by atoms with Gasteiger partial charge in [0.05, 0.1) is 26.1 Å². The summed E-state index contributed by atoms with van der Waals surface area (Å²) in [5.41, 5.74) is 9.63. The highest BCUT2D eigenvalue weighted by Crippen LogP contribution is 2.33. The van der Waals surface area contributed by atoms with Gasteiger partial charge in [-0.1, -0.05) is 24.8 Å². The molecule has 5 rings (SSSR count). The van der Waals surface area contributed by atoms with Gasteiger partial charge in [-0.15, -0.1) is 0 Å². The Labute approximate surface area is 234 Å². The van der Waals surface area contributed by atoms with Crippen molar-refractivity contribution in [2.75, 3.05) is 43.6 Å². The van der Waals surface area contributed by atoms with Crippen LogP contribution in [0.3, 0.4) is 0 Å². The summed E-state index contributed by atoms with van der Waals surface area (Å²) >= 11 is 0. The van der Waals surface area contributed by atoms with E-state index in [0.29, 0.717) is 31.9 Å². The minimum Gasteiger partial charge on any atom is -0.497 e. The number of aliphatic hydroxyl groups is 1. The molecule has 10 nitrogen and oxygen atoms in total. The number of carbonyl (C=O) groups is 2. The van der Waals surface area contributed by atoms with Crippen molar-refractivity contribution in [3.05, 3.63) is 77.6 Å². The summed E-state index contributed by atoms with van der Waals surface area (Å²) in [6.07, 6.45) is 5.70. The van der Waals surface area contributed by atoms with E-state index in [4.69, 9.17) is 10.5 Å². The average molecular weight is 545 g/mol. The molecule has 10 heteroatoms. The Morgan fingerprint density at radius 3 is 2.70 bits per heavy atom. The molecule has 1 unspecified atom stereocenters. The molecule has 3 amide bonds. The van der Waals surface area contributed by atoms with Crippen molar-refractivity contribution in [3.8, 4) is 5.75 Å². The van der Waals surface area contributed by atoms with Crippen LogP contribution in [-0.4, -0.2) is 78.6 Å². The lowest BCUT2D eigenvalue weighted by atomic mass is 10.0. The summed E-state index contributed by atoms with van der Waals surface area (Å²) in [4.78, 5) is 36.5. The fraction of sp³-hybridized carbons (Fsp3) is 0.367. The second-order valence-electron chi connectivity index (χ2n) is 10.3. The molecule has 2 aromatic carbocycles. The fourth-order valence-electron chi connectivity index (χ4n) is 5.85. The van der Waals surface area contributed by atoms with Gasteiger partial charge >= 0.3 is 6.03 Å². The number of benzene rings is 2. The van der Waals surface area contributed by atoms with Gasteiger partial charge in [0.15, 0.2) is 0 Å². The first-order valence-corrected chi connectivity index (χ1v) is 13.6. The van der Waals surface area contributed by atoms with Crippen LogP contribution >= 0.6 is 0 Å². The number of likely N-dealkylation sites (tertiary alicyclic amines) is 1. The van der Waals surface area contributed by atoms with Crippen LogP contribution in [0.2, 0.25) is 0 Å². The number of piperidine rings is 1. The second kappa shape index (κ2) is 11.8. The molecule has 0 radical (unpaired) electrons. The Balaban J connectivity index is 1.25. The lowest BCUT2D eigenvalue weighted by molar-refractivity contribution is -0.115. The van der Waals surface area contributed by atoms with Crippen LogP contribution in [0.15, 0.2) is 71.5 Å². The molecule has 1 fully saturated rings. The Kier molecular flexibility index (Phi) is 8.06. The van der Waals surface area contributed by atoms with E-state index in [9.17, 15) is 14.7 Å². The topological polar surface area (TPSA) is 124 Å². The molecule has 2 aromatic rings. The van der Waals surface area contributed by atoms with Crippen molar-refractivity contribution in [2.45, 2.75) is 37.8 Å². The number of amides is 3. The van der Waals surface area contributed by atoms with E-state index in [-0.39, 0.29) is 36.2 Å². The van der Waals surface area contributed by atoms with Gasteiger partial charge in [-0.05, 0) is 67.2 Å². The first-order valence-electron chi connectivity index (χ1n) is 13.6. The van der Waals surface area contributed by atoms with E-state index in [2.05, 4.69) is 21.8 Å². The van der Waals surface area contributed by atoms with Crippen molar-refractivity contribution >= 4 is 29.7 Å². The Morgan fingerprint density at radius 1 is 1.20 bits per heavy atom. The molecule has 1 atom stereocenters. The molecule has 1 saturated heterocycles. The van der Waals surface area contributed by atoms with Crippen molar-refractivity contribution in [2.24, 2.45) is 10.7 Å². The third-order valence-electron chi connectivity index (χ3n) is 7.95. The maximum atomic E-state index is 13.5. The first kappa shape index (κ1) is 27.3. The Morgan fingerprint density at radius 2 is 1.98 bits per heavy atom. The summed E-state index contributed by atoms with van der Waals surface area (Å²) < 4.78 is 5.34. The van der Waals surface area contributed by atoms with Gasteiger partial charge < -0.3 is 35.6 Å². The zero-order valence-electron chi connectivity index (χ0n) is 22.8. The van der Waals surface area contributed by atoms with Crippen LogP contribution in [0.5, 0.6) is 5.75 Å². The molecule has 0 aromatic heterocycles. The molecule has 40 heavy (non-hydrogen) atoms. The lowest BCUT2D eigenvalue weighted by Crippen LogP contribution is -2.48. The van der Waals surface area contributed by atoms with Gasteiger partial charge in [-0.25, -0.2) is 9.79 Å². The van der Waals surface area contributed by atoms with E-state index in [1.165, 1.54) is 6.34 Å². The minimum atomic E-state index is -0.334. The average Bonchev–Trinajstić information content (AvgIpc) is 3.27. The summed E-state index contributed by atoms with van der Waals surface area (Å²) in [5, 5.41) is 13.0. The number of hydrogen-bond acceptors (Lipinski definition) is 6. The van der Waals surface area contributed by atoms with E-state index < -0.39 is 0 Å². The van der Waals surface area contributed by atoms with Gasteiger partial charge in [0, 0.05) is 42.6 Å². The maximum absolute atomic E-state index is 13.5. The third-order valence-corrected chi connectivity index (χ3v) is 7.95. The van der Waals surface area contributed by atoms with Gasteiger partial charge in [-0.3, -0.25) is 4.79 Å². The number of ether oxygens (including phenoxy) is 1. The zero-order valence-corrected chi connectivity index (χ0v) is 22.8. The normalized spacial score (nSPS) is 19.8. The number of aliphatic hydroxyl groups excluding tert-OH is 1. The number of nitrogens with zero attached hydrogens (tertiary/aromatic N) is 4. The van der Waals surface area contributed by atoms with Crippen LogP contribution in [0, 0.1) is 0 Å². The van der Waals surface area contributed by atoms with E-state index in [1.54, 1.807) is 18.1 Å². The van der Waals surface area contributed by atoms with Crippen molar-refractivity contribution in [3.63, 3.8) is 0 Å².